The molecule has 3 rings (SSSR count). The number of carbonyl (C=O) groups excluding carboxylic acids is 2. The van der Waals surface area contributed by atoms with Gasteiger partial charge in [0, 0.05) is 31.9 Å². The summed E-state index contributed by atoms with van der Waals surface area (Å²) in [6.07, 6.45) is 2.84. The summed E-state index contributed by atoms with van der Waals surface area (Å²) in [5.41, 5.74) is 1.01. The van der Waals surface area contributed by atoms with E-state index in [4.69, 9.17) is 4.74 Å². The maximum atomic E-state index is 12.9. The van der Waals surface area contributed by atoms with E-state index < -0.39 is 11.7 Å². The van der Waals surface area contributed by atoms with E-state index in [1.807, 2.05) is 43.9 Å². The summed E-state index contributed by atoms with van der Waals surface area (Å²) in [5.74, 6) is -0.127. The fourth-order valence-electron chi connectivity index (χ4n) is 3.33. The number of amides is 1. The highest BCUT2D eigenvalue weighted by atomic mass is 16.6. The maximum absolute atomic E-state index is 12.9. The average molecular weight is 383 g/mol. The minimum atomic E-state index is -0.607. The summed E-state index contributed by atoms with van der Waals surface area (Å²) >= 11 is 0. The third kappa shape index (κ3) is 5.23. The van der Waals surface area contributed by atoms with Crippen molar-refractivity contribution in [1.29, 1.82) is 0 Å². The Kier molecular flexibility index (Phi) is 6.19. The summed E-state index contributed by atoms with van der Waals surface area (Å²) in [6.45, 7) is 7.60. The van der Waals surface area contributed by atoms with Crippen LogP contribution in [0.5, 0.6) is 0 Å². The smallest absolute Gasteiger partial charge is 0.419 e. The Morgan fingerprint density at radius 3 is 2.39 bits per heavy atom. The van der Waals surface area contributed by atoms with Gasteiger partial charge in [-0.3, -0.25) is 4.79 Å². The van der Waals surface area contributed by atoms with Crippen LogP contribution in [0.4, 0.5) is 4.79 Å². The van der Waals surface area contributed by atoms with Crippen LogP contribution in [0.1, 0.15) is 49.7 Å². The first-order valence-electron chi connectivity index (χ1n) is 9.81. The number of benzene rings is 1. The molecule has 1 aliphatic heterocycles. The van der Waals surface area contributed by atoms with E-state index in [2.05, 4.69) is 17.4 Å². The van der Waals surface area contributed by atoms with Crippen LogP contribution in [0.3, 0.4) is 0 Å². The van der Waals surface area contributed by atoms with Crippen molar-refractivity contribution in [2.45, 2.75) is 51.8 Å². The molecule has 0 radical (unpaired) electrons. The van der Waals surface area contributed by atoms with Gasteiger partial charge in [-0.1, -0.05) is 30.3 Å². The number of hydrogen-bond acceptors (Lipinski definition) is 4. The Morgan fingerprint density at radius 1 is 1.07 bits per heavy atom. The van der Waals surface area contributed by atoms with Crippen molar-refractivity contribution < 1.29 is 14.3 Å². The highest BCUT2D eigenvalue weighted by Gasteiger charge is 2.27. The molecule has 6 nitrogen and oxygen atoms in total. The quantitative estimate of drug-likeness (QED) is 0.875. The largest absolute Gasteiger partial charge is 0.443 e. The molecule has 0 saturated carbocycles. The van der Waals surface area contributed by atoms with Gasteiger partial charge >= 0.3 is 6.09 Å². The second-order valence-corrected chi connectivity index (χ2v) is 8.18. The second kappa shape index (κ2) is 8.61. The number of ether oxygens (including phenoxy) is 1. The highest BCUT2D eigenvalue weighted by Crippen LogP contribution is 2.17. The summed E-state index contributed by atoms with van der Waals surface area (Å²) in [7, 11) is 0. The van der Waals surface area contributed by atoms with Gasteiger partial charge in [0.2, 0.25) is 0 Å². The molecular weight excluding hydrogens is 354 g/mol. The van der Waals surface area contributed by atoms with Crippen molar-refractivity contribution in [2.75, 3.05) is 13.1 Å². The van der Waals surface area contributed by atoms with Crippen LogP contribution in [0, 0.1) is 0 Å². The molecule has 150 valence electrons. The first kappa shape index (κ1) is 20.1. The summed E-state index contributed by atoms with van der Waals surface area (Å²) in [6, 6.07) is 14.1. The number of nitrogens with one attached hydrogen (secondary N) is 1. The molecule has 0 unspecified atom stereocenters. The molecule has 1 aromatic carbocycles. The lowest BCUT2D eigenvalue weighted by molar-refractivity contribution is 0.0510. The highest BCUT2D eigenvalue weighted by molar-refractivity contribution is 5.96. The molecule has 1 amide bonds. The van der Waals surface area contributed by atoms with Gasteiger partial charge in [-0.15, -0.1) is 0 Å². The van der Waals surface area contributed by atoms with Gasteiger partial charge in [0.15, 0.2) is 0 Å². The lowest BCUT2D eigenvalue weighted by Gasteiger charge is -2.32. The first-order valence-corrected chi connectivity index (χ1v) is 9.81. The predicted molar refractivity (Wildman–Crippen MR) is 108 cm³/mol. The number of piperidine rings is 1. The summed E-state index contributed by atoms with van der Waals surface area (Å²) < 4.78 is 6.69. The summed E-state index contributed by atoms with van der Waals surface area (Å²) in [5, 5.41) is 3.57. The minimum absolute atomic E-state index is 0.127. The van der Waals surface area contributed by atoms with E-state index in [-0.39, 0.29) is 5.91 Å². The van der Waals surface area contributed by atoms with Gasteiger partial charge in [0.1, 0.15) is 11.3 Å². The van der Waals surface area contributed by atoms with E-state index in [0.29, 0.717) is 24.8 Å². The van der Waals surface area contributed by atoms with Gasteiger partial charge in [-0.05, 0) is 51.3 Å². The Hall–Kier alpha value is -2.60. The molecule has 0 bridgehead atoms. The van der Waals surface area contributed by atoms with Crippen molar-refractivity contribution in [3.8, 4) is 0 Å². The van der Waals surface area contributed by atoms with Gasteiger partial charge in [-0.2, -0.15) is 0 Å². The molecule has 2 aromatic rings. The number of nitrogens with zero attached hydrogens (tertiary/aromatic N) is 2. The van der Waals surface area contributed by atoms with Crippen LogP contribution in [0.15, 0.2) is 48.7 Å². The van der Waals surface area contributed by atoms with Crippen molar-refractivity contribution in [3.63, 3.8) is 0 Å². The van der Waals surface area contributed by atoms with Gasteiger partial charge in [0.05, 0.1) is 0 Å². The zero-order valence-corrected chi connectivity index (χ0v) is 16.9. The first-order chi connectivity index (χ1) is 13.3. The Balaban J connectivity index is 1.54. The summed E-state index contributed by atoms with van der Waals surface area (Å²) in [4.78, 5) is 27.1. The second-order valence-electron chi connectivity index (χ2n) is 8.18. The molecule has 0 atom stereocenters. The van der Waals surface area contributed by atoms with Gasteiger partial charge < -0.3 is 15.0 Å². The molecule has 2 heterocycles. The number of rotatable bonds is 4. The zero-order valence-electron chi connectivity index (χ0n) is 16.9. The van der Waals surface area contributed by atoms with Crippen molar-refractivity contribution in [3.05, 3.63) is 59.9 Å². The van der Waals surface area contributed by atoms with Crippen LogP contribution >= 0.6 is 0 Å². The molecule has 1 N–H and O–H groups in total. The molecule has 0 aliphatic carbocycles. The molecule has 6 heteroatoms. The normalized spacial score (nSPS) is 15.5. The third-order valence-electron chi connectivity index (χ3n) is 4.78. The standard InChI is InChI=1S/C22H29N3O3/c1-22(2,3)28-21(27)25-13-7-10-19(25)20(26)24-14-11-18(12-15-24)23-16-17-8-5-4-6-9-17/h4-10,13,18,23H,11-12,14-16H2,1-3H3. The maximum Gasteiger partial charge on any atom is 0.419 e. The number of carbonyl (C=O) groups is 2. The zero-order chi connectivity index (χ0) is 20.1. The van der Waals surface area contributed by atoms with E-state index in [1.165, 1.54) is 10.1 Å². The number of hydrogen-bond donors (Lipinski definition) is 1. The molecule has 1 aromatic heterocycles. The average Bonchev–Trinajstić information content (AvgIpc) is 3.16. The van der Waals surface area contributed by atoms with Crippen molar-refractivity contribution in [2.24, 2.45) is 0 Å². The Morgan fingerprint density at radius 2 is 1.75 bits per heavy atom. The third-order valence-corrected chi connectivity index (χ3v) is 4.78. The van der Waals surface area contributed by atoms with Crippen LogP contribution in [-0.4, -0.2) is 46.2 Å². The predicted octanol–water partition coefficient (Wildman–Crippen LogP) is 3.67. The number of aromatic nitrogens is 1. The molecule has 1 saturated heterocycles. The molecule has 0 spiro atoms. The fourth-order valence-corrected chi connectivity index (χ4v) is 3.33. The Bertz CT molecular complexity index is 800. The molecule has 1 aliphatic rings. The van der Waals surface area contributed by atoms with Crippen LogP contribution in [0.2, 0.25) is 0 Å². The van der Waals surface area contributed by atoms with Crippen molar-refractivity contribution >= 4 is 12.0 Å². The van der Waals surface area contributed by atoms with E-state index in [9.17, 15) is 9.59 Å². The Labute approximate surface area is 166 Å². The molecule has 28 heavy (non-hydrogen) atoms. The SMILES string of the molecule is CC(C)(C)OC(=O)n1cccc1C(=O)N1CCC(NCc2ccccc2)CC1. The van der Waals surface area contributed by atoms with Crippen molar-refractivity contribution in [1.82, 2.24) is 14.8 Å². The topological polar surface area (TPSA) is 63.6 Å². The lowest BCUT2D eigenvalue weighted by Crippen LogP contribution is -2.45. The van der Waals surface area contributed by atoms with E-state index >= 15 is 0 Å². The molecular formula is C22H29N3O3. The minimum Gasteiger partial charge on any atom is -0.443 e. The van der Waals surface area contributed by atoms with Crippen LogP contribution in [-0.2, 0) is 11.3 Å². The van der Waals surface area contributed by atoms with Gasteiger partial charge in [0.25, 0.3) is 5.91 Å². The molecule has 1 fully saturated rings. The number of likely N-dealkylation sites (tertiary alicyclic amines) is 1. The monoisotopic (exact) mass is 383 g/mol. The van der Waals surface area contributed by atoms with Crippen LogP contribution in [0.25, 0.3) is 0 Å². The van der Waals surface area contributed by atoms with E-state index in [1.54, 1.807) is 18.3 Å². The fraction of sp³-hybridized carbons (Fsp3) is 0.455. The van der Waals surface area contributed by atoms with Gasteiger partial charge in [-0.25, -0.2) is 9.36 Å². The van der Waals surface area contributed by atoms with Crippen LogP contribution < -0.4 is 5.32 Å². The van der Waals surface area contributed by atoms with E-state index in [0.717, 1.165) is 19.4 Å². The lowest BCUT2D eigenvalue weighted by atomic mass is 10.0.